The van der Waals surface area contributed by atoms with E-state index in [1.807, 2.05) is 55.5 Å². The third kappa shape index (κ3) is 2.41. The van der Waals surface area contributed by atoms with Gasteiger partial charge in [0, 0.05) is 11.1 Å². The predicted molar refractivity (Wildman–Crippen MR) is 82.9 cm³/mol. The van der Waals surface area contributed by atoms with Crippen molar-refractivity contribution < 1.29 is 4.92 Å². The van der Waals surface area contributed by atoms with Gasteiger partial charge >= 0.3 is 5.69 Å². The van der Waals surface area contributed by atoms with Crippen molar-refractivity contribution in [2.45, 2.75) is 6.92 Å². The van der Waals surface area contributed by atoms with E-state index in [-0.39, 0.29) is 5.69 Å². The van der Waals surface area contributed by atoms with Gasteiger partial charge in [-0.2, -0.15) is 0 Å². The van der Waals surface area contributed by atoms with E-state index in [0.29, 0.717) is 5.69 Å². The summed E-state index contributed by atoms with van der Waals surface area (Å²) in [5.74, 6) is 0. The molecule has 0 aliphatic heterocycles. The number of nitrogens with one attached hydrogen (secondary N) is 1. The van der Waals surface area contributed by atoms with Gasteiger partial charge < -0.3 is 5.32 Å². The Labute approximate surface area is 121 Å². The maximum absolute atomic E-state index is 11.3. The molecule has 1 N–H and O–H groups in total. The summed E-state index contributed by atoms with van der Waals surface area (Å²) < 4.78 is 0. The zero-order valence-corrected chi connectivity index (χ0v) is 11.4. The number of hydrogen-bond donors (Lipinski definition) is 1. The smallest absolute Gasteiger partial charge is 0.311 e. The minimum Gasteiger partial charge on any atom is -0.349 e. The van der Waals surface area contributed by atoms with Gasteiger partial charge in [0.25, 0.3) is 0 Å². The van der Waals surface area contributed by atoms with Crippen molar-refractivity contribution in [3.8, 4) is 0 Å². The zero-order valence-electron chi connectivity index (χ0n) is 11.4. The van der Waals surface area contributed by atoms with Crippen molar-refractivity contribution in [3.63, 3.8) is 0 Å². The second kappa shape index (κ2) is 5.20. The van der Waals surface area contributed by atoms with Crippen LogP contribution in [0.5, 0.6) is 0 Å². The van der Waals surface area contributed by atoms with Crippen LogP contribution in [0.25, 0.3) is 10.9 Å². The van der Waals surface area contributed by atoms with E-state index in [1.165, 1.54) is 6.20 Å². The normalized spacial score (nSPS) is 10.5. The second-order valence-electron chi connectivity index (χ2n) is 4.73. The lowest BCUT2D eigenvalue weighted by atomic mass is 10.1. The molecule has 0 amide bonds. The Hall–Kier alpha value is -2.95. The van der Waals surface area contributed by atoms with E-state index < -0.39 is 4.92 Å². The highest BCUT2D eigenvalue weighted by atomic mass is 16.6. The van der Waals surface area contributed by atoms with Crippen LogP contribution in [0.3, 0.4) is 0 Å². The van der Waals surface area contributed by atoms with Crippen LogP contribution in [0.1, 0.15) is 5.56 Å². The van der Waals surface area contributed by atoms with Crippen molar-refractivity contribution >= 4 is 28.0 Å². The van der Waals surface area contributed by atoms with Gasteiger partial charge in [-0.25, -0.2) is 4.98 Å². The second-order valence-corrected chi connectivity index (χ2v) is 4.73. The molecule has 1 heterocycles. The first-order valence-corrected chi connectivity index (χ1v) is 6.51. The standard InChI is InChI=1S/C16H13N3O2/c1-11-6-2-4-8-13(11)18-16-12-7-3-5-9-14(12)17-10-15(16)19(20)21/h2-10H,1H3,(H,17,18). The topological polar surface area (TPSA) is 68.1 Å². The molecule has 0 fully saturated rings. The summed E-state index contributed by atoms with van der Waals surface area (Å²) in [6.07, 6.45) is 1.29. The van der Waals surface area contributed by atoms with E-state index in [9.17, 15) is 10.1 Å². The predicted octanol–water partition coefficient (Wildman–Crippen LogP) is 4.20. The maximum atomic E-state index is 11.3. The van der Waals surface area contributed by atoms with Gasteiger partial charge in [0.2, 0.25) is 0 Å². The quantitative estimate of drug-likeness (QED) is 0.576. The summed E-state index contributed by atoms with van der Waals surface area (Å²) in [5, 5.41) is 15.2. The summed E-state index contributed by atoms with van der Waals surface area (Å²) >= 11 is 0. The van der Waals surface area contributed by atoms with Crippen LogP contribution in [-0.2, 0) is 0 Å². The van der Waals surface area contributed by atoms with Crippen LogP contribution in [0.15, 0.2) is 54.7 Å². The molecular weight excluding hydrogens is 266 g/mol. The van der Waals surface area contributed by atoms with Crippen molar-refractivity contribution in [2.75, 3.05) is 5.32 Å². The molecule has 5 heteroatoms. The fourth-order valence-electron chi connectivity index (χ4n) is 2.25. The first kappa shape index (κ1) is 13.1. The number of fused-ring (bicyclic) bond motifs is 1. The molecule has 0 unspecified atom stereocenters. The molecule has 0 aliphatic carbocycles. The van der Waals surface area contributed by atoms with E-state index in [1.54, 1.807) is 0 Å². The zero-order chi connectivity index (χ0) is 14.8. The number of rotatable bonds is 3. The lowest BCUT2D eigenvalue weighted by molar-refractivity contribution is -0.384. The molecule has 104 valence electrons. The maximum Gasteiger partial charge on any atom is 0.311 e. The van der Waals surface area contributed by atoms with Crippen molar-refractivity contribution in [3.05, 3.63) is 70.4 Å². The van der Waals surface area contributed by atoms with Crippen LogP contribution in [0.4, 0.5) is 17.1 Å². The Kier molecular flexibility index (Phi) is 3.23. The summed E-state index contributed by atoms with van der Waals surface area (Å²) in [6.45, 7) is 1.96. The van der Waals surface area contributed by atoms with Crippen LogP contribution in [0, 0.1) is 17.0 Å². The molecule has 3 rings (SSSR count). The number of aromatic nitrogens is 1. The fraction of sp³-hybridized carbons (Fsp3) is 0.0625. The Balaban J connectivity index is 2.21. The highest BCUT2D eigenvalue weighted by molar-refractivity contribution is 5.97. The van der Waals surface area contributed by atoms with Gasteiger partial charge in [-0.15, -0.1) is 0 Å². The number of nitrogens with zero attached hydrogens (tertiary/aromatic N) is 2. The van der Waals surface area contributed by atoms with Gasteiger partial charge in [-0.1, -0.05) is 36.4 Å². The summed E-state index contributed by atoms with van der Waals surface area (Å²) in [4.78, 5) is 15.0. The molecule has 0 atom stereocenters. The molecular formula is C16H13N3O2. The SMILES string of the molecule is Cc1ccccc1Nc1c([N+](=O)[O-])cnc2ccccc12. The summed E-state index contributed by atoms with van der Waals surface area (Å²) in [7, 11) is 0. The molecule has 0 radical (unpaired) electrons. The number of hydrogen-bond acceptors (Lipinski definition) is 4. The molecule has 0 aliphatic rings. The molecule has 21 heavy (non-hydrogen) atoms. The van der Waals surface area contributed by atoms with Gasteiger partial charge in [0.1, 0.15) is 11.9 Å². The molecule has 1 aromatic heterocycles. The lowest BCUT2D eigenvalue weighted by Gasteiger charge is -2.12. The lowest BCUT2D eigenvalue weighted by Crippen LogP contribution is -2.00. The molecule has 0 bridgehead atoms. The molecule has 2 aromatic carbocycles. The largest absolute Gasteiger partial charge is 0.349 e. The van der Waals surface area contributed by atoms with E-state index in [4.69, 9.17) is 0 Å². The van der Waals surface area contributed by atoms with E-state index >= 15 is 0 Å². The summed E-state index contributed by atoms with van der Waals surface area (Å²) in [6, 6.07) is 15.0. The monoisotopic (exact) mass is 279 g/mol. The third-order valence-electron chi connectivity index (χ3n) is 3.36. The summed E-state index contributed by atoms with van der Waals surface area (Å²) in [5.41, 5.74) is 3.03. The molecule has 0 saturated carbocycles. The van der Waals surface area contributed by atoms with Crippen molar-refractivity contribution in [1.29, 1.82) is 0 Å². The van der Waals surface area contributed by atoms with Gasteiger partial charge in [-0.05, 0) is 24.6 Å². The fourth-order valence-corrected chi connectivity index (χ4v) is 2.25. The van der Waals surface area contributed by atoms with Crippen LogP contribution >= 0.6 is 0 Å². The van der Waals surface area contributed by atoms with Crippen LogP contribution in [-0.4, -0.2) is 9.91 Å². The molecule has 5 nitrogen and oxygen atoms in total. The Morgan fingerprint density at radius 2 is 1.81 bits per heavy atom. The van der Waals surface area contributed by atoms with Gasteiger partial charge in [0.15, 0.2) is 0 Å². The van der Waals surface area contributed by atoms with E-state index in [2.05, 4.69) is 10.3 Å². The Bertz CT molecular complexity index is 831. The number of para-hydroxylation sites is 2. The Morgan fingerprint density at radius 3 is 2.57 bits per heavy atom. The average molecular weight is 279 g/mol. The molecule has 3 aromatic rings. The van der Waals surface area contributed by atoms with Gasteiger partial charge in [-0.3, -0.25) is 10.1 Å². The highest BCUT2D eigenvalue weighted by Gasteiger charge is 2.18. The average Bonchev–Trinajstić information content (AvgIpc) is 2.49. The van der Waals surface area contributed by atoms with Crippen LogP contribution in [0.2, 0.25) is 0 Å². The molecule has 0 spiro atoms. The van der Waals surface area contributed by atoms with Crippen LogP contribution < -0.4 is 5.32 Å². The minimum absolute atomic E-state index is 0.0306. The van der Waals surface area contributed by atoms with E-state index in [0.717, 1.165) is 22.2 Å². The first-order chi connectivity index (χ1) is 10.2. The minimum atomic E-state index is -0.417. The van der Waals surface area contributed by atoms with Gasteiger partial charge in [0.05, 0.1) is 10.4 Å². The Morgan fingerprint density at radius 1 is 1.10 bits per heavy atom. The van der Waals surface area contributed by atoms with Crippen molar-refractivity contribution in [1.82, 2.24) is 4.98 Å². The number of benzene rings is 2. The number of nitro groups is 1. The highest BCUT2D eigenvalue weighted by Crippen LogP contribution is 2.34. The number of anilines is 2. The molecule has 0 saturated heterocycles. The number of pyridine rings is 1. The van der Waals surface area contributed by atoms with Crippen molar-refractivity contribution in [2.24, 2.45) is 0 Å². The first-order valence-electron chi connectivity index (χ1n) is 6.51. The number of aryl methyl sites for hydroxylation is 1. The third-order valence-corrected chi connectivity index (χ3v) is 3.36.